The summed E-state index contributed by atoms with van der Waals surface area (Å²) < 4.78 is 0. The van der Waals surface area contributed by atoms with Crippen molar-refractivity contribution >= 4 is 30.7 Å². The number of halogens is 2. The molecule has 6 heteroatoms. The van der Waals surface area contributed by atoms with E-state index < -0.39 is 0 Å². The van der Waals surface area contributed by atoms with E-state index >= 15 is 0 Å². The molecule has 2 atom stereocenters. The standard InChI is InChI=1S/C14H25N3O.2ClH/c18-14(9-12-4-5-15-10-12)17-8-7-16-6-2-1-3-13(16)11-17;;/h12-13,15H,1-11H2;2*1H. The molecule has 1 N–H and O–H groups in total. The van der Waals surface area contributed by atoms with Crippen LogP contribution < -0.4 is 5.32 Å². The summed E-state index contributed by atoms with van der Waals surface area (Å²) in [7, 11) is 0. The first-order valence-corrected chi connectivity index (χ1v) is 7.55. The van der Waals surface area contributed by atoms with E-state index in [0.29, 0.717) is 17.9 Å². The van der Waals surface area contributed by atoms with E-state index in [1.807, 2.05) is 0 Å². The van der Waals surface area contributed by atoms with Crippen LogP contribution in [0.2, 0.25) is 0 Å². The van der Waals surface area contributed by atoms with Gasteiger partial charge in [-0.1, -0.05) is 6.42 Å². The second kappa shape index (κ2) is 8.42. The summed E-state index contributed by atoms with van der Waals surface area (Å²) in [6.45, 7) is 6.41. The Kier molecular flexibility index (Phi) is 7.59. The van der Waals surface area contributed by atoms with Crippen LogP contribution in [0, 0.1) is 5.92 Å². The zero-order valence-corrected chi connectivity index (χ0v) is 13.7. The number of piperidine rings is 1. The molecule has 0 bridgehead atoms. The first kappa shape index (κ1) is 18.0. The summed E-state index contributed by atoms with van der Waals surface area (Å²) in [5.41, 5.74) is 0. The molecule has 0 aliphatic carbocycles. The van der Waals surface area contributed by atoms with Gasteiger partial charge in [-0.2, -0.15) is 0 Å². The minimum Gasteiger partial charge on any atom is -0.340 e. The first-order valence-electron chi connectivity index (χ1n) is 7.55. The zero-order chi connectivity index (χ0) is 12.4. The Hall–Kier alpha value is -0.0300. The predicted octanol–water partition coefficient (Wildman–Crippen LogP) is 1.53. The molecule has 0 saturated carbocycles. The van der Waals surface area contributed by atoms with Crippen LogP contribution in [0.15, 0.2) is 0 Å². The third kappa shape index (κ3) is 4.23. The molecule has 0 radical (unpaired) electrons. The van der Waals surface area contributed by atoms with E-state index in [1.165, 1.54) is 32.2 Å². The lowest BCUT2D eigenvalue weighted by molar-refractivity contribution is -0.135. The fourth-order valence-electron chi connectivity index (χ4n) is 3.65. The number of piperazine rings is 1. The van der Waals surface area contributed by atoms with Gasteiger partial charge in [0, 0.05) is 32.1 Å². The molecule has 0 aromatic carbocycles. The highest BCUT2D eigenvalue weighted by atomic mass is 35.5. The number of carbonyl (C=O) groups is 1. The zero-order valence-electron chi connectivity index (χ0n) is 12.1. The predicted molar refractivity (Wildman–Crippen MR) is 85.9 cm³/mol. The van der Waals surface area contributed by atoms with Gasteiger partial charge in [0.2, 0.25) is 5.91 Å². The molecule has 3 heterocycles. The lowest BCUT2D eigenvalue weighted by Crippen LogP contribution is -2.56. The van der Waals surface area contributed by atoms with Crippen LogP contribution in [0.3, 0.4) is 0 Å². The van der Waals surface area contributed by atoms with Gasteiger partial charge in [-0.3, -0.25) is 9.69 Å². The van der Waals surface area contributed by atoms with Crippen molar-refractivity contribution in [3.8, 4) is 0 Å². The number of fused-ring (bicyclic) bond motifs is 1. The fraction of sp³-hybridized carbons (Fsp3) is 0.929. The Morgan fingerprint density at radius 3 is 2.70 bits per heavy atom. The number of rotatable bonds is 2. The average molecular weight is 324 g/mol. The number of hydrogen-bond donors (Lipinski definition) is 1. The van der Waals surface area contributed by atoms with Gasteiger partial charge >= 0.3 is 0 Å². The second-order valence-electron chi connectivity index (χ2n) is 6.09. The molecular formula is C14H27Cl2N3O. The van der Waals surface area contributed by atoms with Crippen molar-refractivity contribution in [3.63, 3.8) is 0 Å². The van der Waals surface area contributed by atoms with Gasteiger partial charge in [-0.25, -0.2) is 0 Å². The normalized spacial score (nSPS) is 30.1. The quantitative estimate of drug-likeness (QED) is 0.837. The first-order chi connectivity index (χ1) is 8.83. The van der Waals surface area contributed by atoms with Crippen molar-refractivity contribution < 1.29 is 4.79 Å². The molecule has 3 rings (SSSR count). The number of nitrogens with one attached hydrogen (secondary N) is 1. The number of nitrogens with zero attached hydrogens (tertiary/aromatic N) is 2. The summed E-state index contributed by atoms with van der Waals surface area (Å²) in [6.07, 6.45) is 5.91. The summed E-state index contributed by atoms with van der Waals surface area (Å²) in [4.78, 5) is 17.0. The van der Waals surface area contributed by atoms with Crippen LogP contribution in [0.25, 0.3) is 0 Å². The number of amides is 1. The van der Waals surface area contributed by atoms with Gasteiger partial charge in [0.25, 0.3) is 0 Å². The van der Waals surface area contributed by atoms with Gasteiger partial charge < -0.3 is 10.2 Å². The maximum atomic E-state index is 12.3. The van der Waals surface area contributed by atoms with E-state index in [-0.39, 0.29) is 24.8 Å². The van der Waals surface area contributed by atoms with Crippen molar-refractivity contribution in [2.24, 2.45) is 5.92 Å². The van der Waals surface area contributed by atoms with Crippen molar-refractivity contribution in [2.75, 3.05) is 39.3 Å². The summed E-state index contributed by atoms with van der Waals surface area (Å²) in [5, 5.41) is 3.35. The second-order valence-corrected chi connectivity index (χ2v) is 6.09. The van der Waals surface area contributed by atoms with Crippen LogP contribution >= 0.6 is 24.8 Å². The molecule has 118 valence electrons. The minimum absolute atomic E-state index is 0. The Morgan fingerprint density at radius 2 is 1.95 bits per heavy atom. The van der Waals surface area contributed by atoms with Crippen molar-refractivity contribution in [3.05, 3.63) is 0 Å². The molecule has 3 aliphatic rings. The fourth-order valence-corrected chi connectivity index (χ4v) is 3.65. The van der Waals surface area contributed by atoms with E-state index in [4.69, 9.17) is 0 Å². The lowest BCUT2D eigenvalue weighted by Gasteiger charge is -2.44. The molecule has 2 unspecified atom stereocenters. The summed E-state index contributed by atoms with van der Waals surface area (Å²) >= 11 is 0. The van der Waals surface area contributed by atoms with Crippen LogP contribution in [0.1, 0.15) is 32.1 Å². The van der Waals surface area contributed by atoms with Crippen LogP contribution in [-0.4, -0.2) is 61.0 Å². The SMILES string of the molecule is Cl.Cl.O=C(CC1CCNC1)N1CCN2CCCCC2C1. The summed E-state index contributed by atoms with van der Waals surface area (Å²) in [5.74, 6) is 0.982. The van der Waals surface area contributed by atoms with Gasteiger partial charge in [0.05, 0.1) is 0 Å². The number of hydrogen-bond acceptors (Lipinski definition) is 3. The highest BCUT2D eigenvalue weighted by Gasteiger charge is 2.31. The van der Waals surface area contributed by atoms with Crippen LogP contribution in [0.4, 0.5) is 0 Å². The summed E-state index contributed by atoms with van der Waals surface area (Å²) in [6, 6.07) is 0.651. The van der Waals surface area contributed by atoms with Gasteiger partial charge in [-0.05, 0) is 44.8 Å². The minimum atomic E-state index is 0. The largest absolute Gasteiger partial charge is 0.340 e. The molecule has 20 heavy (non-hydrogen) atoms. The highest BCUT2D eigenvalue weighted by molar-refractivity contribution is 5.85. The monoisotopic (exact) mass is 323 g/mol. The van der Waals surface area contributed by atoms with Crippen molar-refractivity contribution in [1.29, 1.82) is 0 Å². The van der Waals surface area contributed by atoms with E-state index in [0.717, 1.165) is 39.1 Å². The molecular weight excluding hydrogens is 297 g/mol. The Balaban J connectivity index is 0.000001000. The Labute approximate surface area is 134 Å². The molecule has 1 amide bonds. The average Bonchev–Trinajstić information content (AvgIpc) is 2.91. The molecule has 3 saturated heterocycles. The molecule has 3 aliphatic heterocycles. The van der Waals surface area contributed by atoms with E-state index in [1.54, 1.807) is 0 Å². The van der Waals surface area contributed by atoms with E-state index in [9.17, 15) is 4.79 Å². The molecule has 0 aromatic rings. The molecule has 4 nitrogen and oxygen atoms in total. The maximum Gasteiger partial charge on any atom is 0.222 e. The third-order valence-corrected chi connectivity index (χ3v) is 4.82. The van der Waals surface area contributed by atoms with Gasteiger partial charge in [0.15, 0.2) is 0 Å². The third-order valence-electron chi connectivity index (χ3n) is 4.82. The van der Waals surface area contributed by atoms with Crippen LogP contribution in [-0.2, 0) is 4.79 Å². The molecule has 0 spiro atoms. The van der Waals surface area contributed by atoms with Crippen molar-refractivity contribution in [2.45, 2.75) is 38.1 Å². The van der Waals surface area contributed by atoms with Gasteiger partial charge in [-0.15, -0.1) is 24.8 Å². The van der Waals surface area contributed by atoms with E-state index in [2.05, 4.69) is 15.1 Å². The van der Waals surface area contributed by atoms with Crippen LogP contribution in [0.5, 0.6) is 0 Å². The lowest BCUT2D eigenvalue weighted by atomic mass is 9.98. The maximum absolute atomic E-state index is 12.3. The van der Waals surface area contributed by atoms with Crippen molar-refractivity contribution in [1.82, 2.24) is 15.1 Å². The van der Waals surface area contributed by atoms with Gasteiger partial charge in [0.1, 0.15) is 0 Å². The number of carbonyl (C=O) groups excluding carboxylic acids is 1. The topological polar surface area (TPSA) is 35.6 Å². The molecule has 0 aromatic heterocycles. The Bertz CT molecular complexity index is 311. The Morgan fingerprint density at radius 1 is 1.10 bits per heavy atom. The highest BCUT2D eigenvalue weighted by Crippen LogP contribution is 2.22. The molecule has 3 fully saturated rings. The smallest absolute Gasteiger partial charge is 0.222 e.